The maximum atomic E-state index is 13.3. The van der Waals surface area contributed by atoms with Crippen molar-refractivity contribution in [1.82, 2.24) is 9.97 Å². The number of fused-ring (bicyclic) bond motifs is 1. The third kappa shape index (κ3) is 1.84. The van der Waals surface area contributed by atoms with Crippen molar-refractivity contribution in [2.75, 3.05) is 13.7 Å². The number of H-pyrrole nitrogens is 1. The van der Waals surface area contributed by atoms with E-state index in [4.69, 9.17) is 10.5 Å². The van der Waals surface area contributed by atoms with Crippen LogP contribution in [0.2, 0.25) is 0 Å². The van der Waals surface area contributed by atoms with Gasteiger partial charge in [0.05, 0.1) is 18.2 Å². The number of hydrogen-bond donors (Lipinski definition) is 2. The van der Waals surface area contributed by atoms with Gasteiger partial charge in [0.25, 0.3) is 0 Å². The quantitative estimate of drug-likeness (QED) is 0.802. The van der Waals surface area contributed by atoms with Crippen LogP contribution in [0.3, 0.4) is 0 Å². The lowest BCUT2D eigenvalue weighted by atomic mass is 10.3. The highest BCUT2D eigenvalue weighted by atomic mass is 19.1. The van der Waals surface area contributed by atoms with Crippen molar-refractivity contribution in [3.05, 3.63) is 29.8 Å². The van der Waals surface area contributed by atoms with Crippen LogP contribution in [0.25, 0.3) is 11.0 Å². The normalized spacial score (nSPS) is 13.3. The number of imidazole rings is 1. The fourth-order valence-corrected chi connectivity index (χ4v) is 1.45. The Labute approximate surface area is 86.3 Å². The summed E-state index contributed by atoms with van der Waals surface area (Å²) in [6.07, 6.45) is 0. The molecule has 0 radical (unpaired) electrons. The summed E-state index contributed by atoms with van der Waals surface area (Å²) >= 11 is 0. The molecule has 0 spiro atoms. The van der Waals surface area contributed by atoms with Crippen molar-refractivity contribution in [3.63, 3.8) is 0 Å². The van der Waals surface area contributed by atoms with E-state index in [-0.39, 0.29) is 11.9 Å². The van der Waals surface area contributed by atoms with Gasteiger partial charge in [0.2, 0.25) is 0 Å². The molecule has 1 heterocycles. The van der Waals surface area contributed by atoms with Crippen molar-refractivity contribution in [2.45, 2.75) is 6.04 Å². The number of nitrogens with one attached hydrogen (secondary N) is 1. The average molecular weight is 209 g/mol. The Morgan fingerprint density at radius 1 is 1.60 bits per heavy atom. The van der Waals surface area contributed by atoms with Gasteiger partial charge < -0.3 is 15.5 Å². The monoisotopic (exact) mass is 209 g/mol. The number of rotatable bonds is 3. The van der Waals surface area contributed by atoms with Gasteiger partial charge in [-0.3, -0.25) is 0 Å². The number of nitrogens with zero attached hydrogens (tertiary/aromatic N) is 1. The summed E-state index contributed by atoms with van der Waals surface area (Å²) in [6.45, 7) is 0.349. The number of aromatic amines is 1. The molecule has 0 aliphatic rings. The smallest absolute Gasteiger partial charge is 0.151 e. The standard InChI is InChI=1S/C10H12FN3O/c1-15-5-7(12)10-13-8-4-2-3-6(11)9(8)14-10/h2-4,7H,5,12H2,1H3,(H,13,14). The number of nitrogens with two attached hydrogens (primary N) is 1. The largest absolute Gasteiger partial charge is 0.383 e. The van der Waals surface area contributed by atoms with Gasteiger partial charge in [-0.05, 0) is 12.1 Å². The molecule has 0 amide bonds. The Kier molecular flexibility index (Phi) is 2.66. The highest BCUT2D eigenvalue weighted by molar-refractivity contribution is 5.75. The molecule has 1 aromatic carbocycles. The second-order valence-corrected chi connectivity index (χ2v) is 3.32. The Morgan fingerprint density at radius 3 is 3.07 bits per heavy atom. The molecular formula is C10H12FN3O. The molecule has 2 aromatic rings. The third-order valence-corrected chi connectivity index (χ3v) is 2.18. The third-order valence-electron chi connectivity index (χ3n) is 2.18. The van der Waals surface area contributed by atoms with E-state index in [9.17, 15) is 4.39 Å². The maximum Gasteiger partial charge on any atom is 0.151 e. The molecule has 1 unspecified atom stereocenters. The van der Waals surface area contributed by atoms with Crippen LogP contribution in [-0.2, 0) is 4.74 Å². The highest BCUT2D eigenvalue weighted by Crippen LogP contribution is 2.17. The van der Waals surface area contributed by atoms with Crippen molar-refractivity contribution in [1.29, 1.82) is 0 Å². The van der Waals surface area contributed by atoms with E-state index >= 15 is 0 Å². The average Bonchev–Trinajstić information content (AvgIpc) is 2.63. The first-order valence-corrected chi connectivity index (χ1v) is 4.61. The number of para-hydroxylation sites is 1. The van der Waals surface area contributed by atoms with Crippen molar-refractivity contribution in [3.8, 4) is 0 Å². The van der Waals surface area contributed by atoms with Crippen LogP contribution in [0.4, 0.5) is 4.39 Å². The zero-order chi connectivity index (χ0) is 10.8. The van der Waals surface area contributed by atoms with Gasteiger partial charge in [-0.1, -0.05) is 6.07 Å². The zero-order valence-corrected chi connectivity index (χ0v) is 8.33. The van der Waals surface area contributed by atoms with Crippen LogP contribution >= 0.6 is 0 Å². The highest BCUT2D eigenvalue weighted by Gasteiger charge is 2.12. The molecule has 0 aliphatic carbocycles. The van der Waals surface area contributed by atoms with Gasteiger partial charge in [-0.25, -0.2) is 9.37 Å². The van der Waals surface area contributed by atoms with Gasteiger partial charge in [0.15, 0.2) is 5.82 Å². The first-order valence-electron chi connectivity index (χ1n) is 4.61. The predicted molar refractivity (Wildman–Crippen MR) is 54.9 cm³/mol. The molecule has 0 fully saturated rings. The molecule has 0 saturated carbocycles. The van der Waals surface area contributed by atoms with Crippen molar-refractivity contribution >= 4 is 11.0 Å². The van der Waals surface area contributed by atoms with Gasteiger partial charge in [-0.15, -0.1) is 0 Å². The lowest BCUT2D eigenvalue weighted by molar-refractivity contribution is 0.178. The molecule has 15 heavy (non-hydrogen) atoms. The molecule has 1 atom stereocenters. The predicted octanol–water partition coefficient (Wildman–Crippen LogP) is 1.35. The van der Waals surface area contributed by atoms with Gasteiger partial charge in [0.1, 0.15) is 11.3 Å². The number of hydrogen-bond acceptors (Lipinski definition) is 3. The van der Waals surface area contributed by atoms with Crippen molar-refractivity contribution in [2.24, 2.45) is 5.73 Å². The Balaban J connectivity index is 2.43. The van der Waals surface area contributed by atoms with E-state index in [1.807, 2.05) is 0 Å². The molecule has 4 nitrogen and oxygen atoms in total. The van der Waals surface area contributed by atoms with Gasteiger partial charge >= 0.3 is 0 Å². The van der Waals surface area contributed by atoms with Crippen molar-refractivity contribution < 1.29 is 9.13 Å². The topological polar surface area (TPSA) is 63.9 Å². The van der Waals surface area contributed by atoms with Crippen LogP contribution in [-0.4, -0.2) is 23.7 Å². The van der Waals surface area contributed by atoms with Crippen LogP contribution < -0.4 is 5.73 Å². The number of benzene rings is 1. The van der Waals surface area contributed by atoms with Crippen LogP contribution in [0.5, 0.6) is 0 Å². The minimum absolute atomic E-state index is 0.319. The second-order valence-electron chi connectivity index (χ2n) is 3.32. The minimum Gasteiger partial charge on any atom is -0.383 e. The van der Waals surface area contributed by atoms with E-state index in [0.717, 1.165) is 0 Å². The maximum absolute atomic E-state index is 13.3. The molecule has 0 bridgehead atoms. The SMILES string of the molecule is COCC(N)c1nc2c(F)cccc2[nH]1. The Bertz CT molecular complexity index is 469. The Morgan fingerprint density at radius 2 is 2.40 bits per heavy atom. The number of aromatic nitrogens is 2. The summed E-state index contributed by atoms with van der Waals surface area (Å²) in [5.74, 6) is 0.191. The van der Waals surface area contributed by atoms with Gasteiger partial charge in [0, 0.05) is 7.11 Å². The fourth-order valence-electron chi connectivity index (χ4n) is 1.45. The van der Waals surface area contributed by atoms with Crippen LogP contribution in [0.15, 0.2) is 18.2 Å². The summed E-state index contributed by atoms with van der Waals surface area (Å²) in [4.78, 5) is 7.06. The summed E-state index contributed by atoms with van der Waals surface area (Å²) < 4.78 is 18.2. The van der Waals surface area contributed by atoms with E-state index in [2.05, 4.69) is 9.97 Å². The molecule has 2 rings (SSSR count). The molecule has 80 valence electrons. The van der Waals surface area contributed by atoms with E-state index < -0.39 is 0 Å². The second kappa shape index (κ2) is 3.96. The lowest BCUT2D eigenvalue weighted by Crippen LogP contribution is -2.17. The number of methoxy groups -OCH3 is 1. The molecular weight excluding hydrogens is 197 g/mol. The first-order chi connectivity index (χ1) is 7.22. The van der Waals surface area contributed by atoms with E-state index in [1.165, 1.54) is 6.07 Å². The van der Waals surface area contributed by atoms with Crippen LogP contribution in [0, 0.1) is 5.82 Å². The molecule has 0 aliphatic heterocycles. The molecule has 3 N–H and O–H groups in total. The Hall–Kier alpha value is -1.46. The number of halogens is 1. The lowest BCUT2D eigenvalue weighted by Gasteiger charge is -2.05. The minimum atomic E-state index is -0.359. The van der Waals surface area contributed by atoms with Crippen LogP contribution in [0.1, 0.15) is 11.9 Å². The molecule has 1 aromatic heterocycles. The van der Waals surface area contributed by atoms with E-state index in [0.29, 0.717) is 23.5 Å². The number of ether oxygens (including phenoxy) is 1. The molecule has 5 heteroatoms. The fraction of sp³-hybridized carbons (Fsp3) is 0.300. The molecule has 0 saturated heterocycles. The summed E-state index contributed by atoms with van der Waals surface area (Å²) in [6, 6.07) is 4.40. The summed E-state index contributed by atoms with van der Waals surface area (Å²) in [5, 5.41) is 0. The zero-order valence-electron chi connectivity index (χ0n) is 8.33. The summed E-state index contributed by atoms with van der Waals surface area (Å²) in [7, 11) is 1.56. The van der Waals surface area contributed by atoms with Gasteiger partial charge in [-0.2, -0.15) is 0 Å². The first kappa shape index (κ1) is 10.1. The van der Waals surface area contributed by atoms with E-state index in [1.54, 1.807) is 19.2 Å². The summed E-state index contributed by atoms with van der Waals surface area (Å²) in [5.41, 5.74) is 6.75.